The molecule has 0 atom stereocenters. The summed E-state index contributed by atoms with van der Waals surface area (Å²) in [6.45, 7) is 0.710. The molecule has 1 fully saturated rings. The lowest BCUT2D eigenvalue weighted by Crippen LogP contribution is -2.09. The average Bonchev–Trinajstić information content (AvgIpc) is 2.60. The van der Waals surface area contributed by atoms with Crippen molar-refractivity contribution < 1.29 is 0 Å². The molecular formula is C13H17N3. The Morgan fingerprint density at radius 1 is 1.38 bits per heavy atom. The van der Waals surface area contributed by atoms with Gasteiger partial charge in [-0.15, -0.1) is 0 Å². The van der Waals surface area contributed by atoms with Crippen molar-refractivity contribution in [3.63, 3.8) is 0 Å². The van der Waals surface area contributed by atoms with E-state index in [-0.39, 0.29) is 0 Å². The molecule has 3 rings (SSSR count). The van der Waals surface area contributed by atoms with Crippen molar-refractivity contribution in [3.05, 3.63) is 29.5 Å². The van der Waals surface area contributed by atoms with E-state index in [0.29, 0.717) is 12.5 Å². The maximum absolute atomic E-state index is 5.59. The molecule has 0 unspecified atom stereocenters. The van der Waals surface area contributed by atoms with Crippen LogP contribution in [-0.2, 0) is 6.42 Å². The summed E-state index contributed by atoms with van der Waals surface area (Å²) in [5.74, 6) is 0.707. The van der Waals surface area contributed by atoms with Crippen molar-refractivity contribution in [3.8, 4) is 0 Å². The molecule has 16 heavy (non-hydrogen) atoms. The summed E-state index contributed by atoms with van der Waals surface area (Å²) in [4.78, 5) is 0. The summed E-state index contributed by atoms with van der Waals surface area (Å²) in [6, 6.07) is 6.47. The molecule has 0 radical (unpaired) electrons. The van der Waals surface area contributed by atoms with E-state index in [4.69, 9.17) is 5.73 Å². The molecule has 1 aliphatic rings. The smallest absolute Gasteiger partial charge is 0.0924 e. The van der Waals surface area contributed by atoms with Crippen molar-refractivity contribution in [1.29, 1.82) is 0 Å². The van der Waals surface area contributed by atoms with Gasteiger partial charge in [-0.1, -0.05) is 12.5 Å². The molecular weight excluding hydrogens is 198 g/mol. The number of hydrogen-bond donors (Lipinski definition) is 2. The zero-order valence-electron chi connectivity index (χ0n) is 9.37. The van der Waals surface area contributed by atoms with Crippen molar-refractivity contribution in [2.45, 2.75) is 31.6 Å². The van der Waals surface area contributed by atoms with Crippen LogP contribution in [-0.4, -0.2) is 16.7 Å². The second kappa shape index (κ2) is 3.91. The van der Waals surface area contributed by atoms with Crippen LogP contribution in [0.2, 0.25) is 0 Å². The second-order valence-electron chi connectivity index (χ2n) is 4.66. The van der Waals surface area contributed by atoms with E-state index in [2.05, 4.69) is 28.4 Å². The zero-order chi connectivity index (χ0) is 11.0. The minimum absolute atomic E-state index is 0.707. The first kappa shape index (κ1) is 9.85. The highest BCUT2D eigenvalue weighted by Crippen LogP contribution is 2.38. The second-order valence-corrected chi connectivity index (χ2v) is 4.66. The molecule has 3 nitrogen and oxygen atoms in total. The van der Waals surface area contributed by atoms with Gasteiger partial charge < -0.3 is 5.73 Å². The van der Waals surface area contributed by atoms with Gasteiger partial charge in [0.25, 0.3) is 0 Å². The van der Waals surface area contributed by atoms with Gasteiger partial charge in [-0.2, -0.15) is 5.10 Å². The van der Waals surface area contributed by atoms with Crippen LogP contribution in [0, 0.1) is 0 Å². The predicted molar refractivity (Wildman–Crippen MR) is 65.4 cm³/mol. The van der Waals surface area contributed by atoms with Crippen LogP contribution in [0.1, 0.15) is 36.4 Å². The molecule has 84 valence electrons. The van der Waals surface area contributed by atoms with Gasteiger partial charge in [0.2, 0.25) is 0 Å². The molecule has 0 aliphatic heterocycles. The highest BCUT2D eigenvalue weighted by Gasteiger charge is 2.23. The van der Waals surface area contributed by atoms with Crippen LogP contribution < -0.4 is 5.73 Å². The quantitative estimate of drug-likeness (QED) is 0.825. The summed E-state index contributed by atoms with van der Waals surface area (Å²) >= 11 is 0. The Morgan fingerprint density at radius 2 is 2.25 bits per heavy atom. The summed E-state index contributed by atoms with van der Waals surface area (Å²) < 4.78 is 0. The van der Waals surface area contributed by atoms with Gasteiger partial charge in [0.15, 0.2) is 0 Å². The minimum atomic E-state index is 0.707. The molecule has 0 amide bonds. The third-order valence-corrected chi connectivity index (χ3v) is 3.59. The average molecular weight is 215 g/mol. The Morgan fingerprint density at radius 3 is 2.94 bits per heavy atom. The van der Waals surface area contributed by atoms with E-state index in [1.54, 1.807) is 0 Å². The Hall–Kier alpha value is -1.35. The maximum Gasteiger partial charge on any atom is 0.0924 e. The van der Waals surface area contributed by atoms with Gasteiger partial charge in [-0.25, -0.2) is 0 Å². The first-order chi connectivity index (χ1) is 7.88. The van der Waals surface area contributed by atoms with Gasteiger partial charge in [-0.3, -0.25) is 5.10 Å². The maximum atomic E-state index is 5.59. The monoisotopic (exact) mass is 215 g/mol. The molecule has 0 spiro atoms. The zero-order valence-corrected chi connectivity index (χ0v) is 9.37. The van der Waals surface area contributed by atoms with Crippen molar-refractivity contribution in [2.24, 2.45) is 5.73 Å². The summed E-state index contributed by atoms with van der Waals surface area (Å²) in [6.07, 6.45) is 4.91. The first-order valence-corrected chi connectivity index (χ1v) is 6.05. The van der Waals surface area contributed by atoms with Crippen LogP contribution >= 0.6 is 0 Å². The number of hydrogen-bond acceptors (Lipinski definition) is 2. The van der Waals surface area contributed by atoms with Gasteiger partial charge in [0.1, 0.15) is 0 Å². The number of benzene rings is 1. The lowest BCUT2D eigenvalue weighted by Gasteiger charge is -2.24. The number of aromatic nitrogens is 2. The van der Waals surface area contributed by atoms with Crippen LogP contribution in [0.3, 0.4) is 0 Å². The molecule has 1 aromatic carbocycles. The number of rotatable bonds is 3. The Bertz CT molecular complexity index is 497. The molecule has 3 heteroatoms. The summed E-state index contributed by atoms with van der Waals surface area (Å²) in [7, 11) is 0. The molecule has 2 aromatic rings. The SMILES string of the molecule is NCCc1ccc2n[nH]c(C3CCC3)c2c1. The highest BCUT2D eigenvalue weighted by atomic mass is 15.1. The number of H-pyrrole nitrogens is 1. The van der Waals surface area contributed by atoms with Crippen molar-refractivity contribution in [1.82, 2.24) is 10.2 Å². The number of nitrogens with one attached hydrogen (secondary N) is 1. The van der Waals surface area contributed by atoms with E-state index in [9.17, 15) is 0 Å². The molecule has 1 aliphatic carbocycles. The topological polar surface area (TPSA) is 54.7 Å². The van der Waals surface area contributed by atoms with Crippen molar-refractivity contribution >= 4 is 10.9 Å². The fraction of sp³-hybridized carbons (Fsp3) is 0.462. The van der Waals surface area contributed by atoms with E-state index >= 15 is 0 Å². The minimum Gasteiger partial charge on any atom is -0.330 e. The van der Waals surface area contributed by atoms with Gasteiger partial charge in [0.05, 0.1) is 5.52 Å². The lowest BCUT2D eigenvalue weighted by molar-refractivity contribution is 0.413. The van der Waals surface area contributed by atoms with Gasteiger partial charge in [0, 0.05) is 17.0 Å². The van der Waals surface area contributed by atoms with Crippen LogP contribution in [0.25, 0.3) is 10.9 Å². The fourth-order valence-electron chi connectivity index (χ4n) is 2.41. The Labute approximate surface area is 95.0 Å². The molecule has 3 N–H and O–H groups in total. The fourth-order valence-corrected chi connectivity index (χ4v) is 2.41. The first-order valence-electron chi connectivity index (χ1n) is 6.05. The van der Waals surface area contributed by atoms with Crippen LogP contribution in [0.15, 0.2) is 18.2 Å². The molecule has 0 bridgehead atoms. The summed E-state index contributed by atoms with van der Waals surface area (Å²) in [5, 5.41) is 8.87. The van der Waals surface area contributed by atoms with Crippen LogP contribution in [0.4, 0.5) is 0 Å². The third kappa shape index (κ3) is 1.52. The number of fused-ring (bicyclic) bond motifs is 1. The largest absolute Gasteiger partial charge is 0.330 e. The number of nitrogens with two attached hydrogens (primary N) is 1. The number of aromatic amines is 1. The number of nitrogens with zero attached hydrogens (tertiary/aromatic N) is 1. The van der Waals surface area contributed by atoms with Crippen LogP contribution in [0.5, 0.6) is 0 Å². The van der Waals surface area contributed by atoms with E-state index < -0.39 is 0 Å². The van der Waals surface area contributed by atoms with Gasteiger partial charge >= 0.3 is 0 Å². The van der Waals surface area contributed by atoms with E-state index in [0.717, 1.165) is 11.9 Å². The standard InChI is InChI=1S/C13H17N3/c14-7-6-9-4-5-12-11(8-9)13(16-15-12)10-2-1-3-10/h4-5,8,10H,1-3,6-7,14H2,(H,15,16). The Kier molecular flexibility index (Phi) is 2.40. The Balaban J connectivity index is 2.04. The molecule has 1 aromatic heterocycles. The molecule has 0 saturated heterocycles. The lowest BCUT2D eigenvalue weighted by atomic mass is 9.82. The van der Waals surface area contributed by atoms with Gasteiger partial charge in [-0.05, 0) is 43.5 Å². The normalized spacial score (nSPS) is 16.6. The van der Waals surface area contributed by atoms with E-state index in [1.165, 1.54) is 35.9 Å². The summed E-state index contributed by atoms with van der Waals surface area (Å²) in [5.41, 5.74) is 9.33. The predicted octanol–water partition coefficient (Wildman–Crippen LogP) is 2.33. The molecule has 1 heterocycles. The highest BCUT2D eigenvalue weighted by molar-refractivity contribution is 5.82. The molecule has 1 saturated carbocycles. The van der Waals surface area contributed by atoms with Crippen molar-refractivity contribution in [2.75, 3.05) is 6.54 Å². The van der Waals surface area contributed by atoms with E-state index in [1.807, 2.05) is 0 Å². The third-order valence-electron chi connectivity index (χ3n) is 3.59.